The highest BCUT2D eigenvalue weighted by molar-refractivity contribution is 7.09. The van der Waals surface area contributed by atoms with Crippen molar-refractivity contribution < 1.29 is 0 Å². The van der Waals surface area contributed by atoms with E-state index < -0.39 is 0 Å². The number of thiazole rings is 1. The average Bonchev–Trinajstić information content (AvgIpc) is 2.43. The predicted molar refractivity (Wildman–Crippen MR) is 57.7 cm³/mol. The zero-order valence-electron chi connectivity index (χ0n) is 8.32. The van der Waals surface area contributed by atoms with Crippen LogP contribution in [0.3, 0.4) is 0 Å². The Morgan fingerprint density at radius 2 is 2.36 bits per heavy atom. The number of likely N-dealkylation sites (N-methyl/N-ethyl adjacent to an activating group) is 1. The van der Waals surface area contributed by atoms with Crippen molar-refractivity contribution in [2.75, 3.05) is 20.1 Å². The number of fused-ring (bicyclic) bond motifs is 1. The molecule has 1 aliphatic heterocycles. The summed E-state index contributed by atoms with van der Waals surface area (Å²) in [7, 11) is 2.08. The number of rotatable bonds is 2. The molecule has 2 N–H and O–H groups in total. The summed E-state index contributed by atoms with van der Waals surface area (Å²) in [6, 6.07) is 0. The molecule has 1 aromatic heterocycles. The molecule has 0 atom stereocenters. The van der Waals surface area contributed by atoms with Crippen molar-refractivity contribution in [1.82, 2.24) is 9.47 Å². The van der Waals surface area contributed by atoms with Crippen LogP contribution in [0, 0.1) is 0 Å². The fraction of sp³-hybridized carbons (Fsp3) is 0.667. The number of hydrogen-bond donors (Lipinski definition) is 1. The summed E-state index contributed by atoms with van der Waals surface area (Å²) in [6.45, 7) is 3.15. The Labute approximate surface area is 86.9 Å². The zero-order valence-corrected chi connectivity index (χ0v) is 9.14. The van der Waals surface area contributed by atoms with E-state index in [1.54, 1.807) is 0 Å². The molecule has 0 radical (unpaired) electrons. The van der Waals surface area contributed by atoms with Crippen molar-refractivity contribution in [2.45, 2.75) is 19.5 Å². The van der Waals surface area contributed by atoms with Gasteiger partial charge in [0.1, 0.15) is 0 Å². The minimum Gasteiger partial charge on any atom is -0.329 e. The van der Waals surface area contributed by atoms with E-state index in [9.17, 15) is 4.79 Å². The van der Waals surface area contributed by atoms with E-state index in [4.69, 9.17) is 5.73 Å². The molecular weight excluding hydrogens is 198 g/mol. The van der Waals surface area contributed by atoms with Gasteiger partial charge in [-0.25, -0.2) is 0 Å². The quantitative estimate of drug-likeness (QED) is 0.743. The van der Waals surface area contributed by atoms with E-state index in [1.165, 1.54) is 21.9 Å². The molecule has 0 aromatic carbocycles. The zero-order chi connectivity index (χ0) is 10.1. The molecule has 0 unspecified atom stereocenters. The summed E-state index contributed by atoms with van der Waals surface area (Å²) in [4.78, 5) is 15.2. The molecule has 0 saturated carbocycles. The van der Waals surface area contributed by atoms with E-state index in [2.05, 4.69) is 11.9 Å². The van der Waals surface area contributed by atoms with E-state index in [0.29, 0.717) is 13.1 Å². The summed E-state index contributed by atoms with van der Waals surface area (Å²) in [6.07, 6.45) is 0.977. The van der Waals surface area contributed by atoms with Crippen LogP contribution in [0.15, 0.2) is 4.79 Å². The van der Waals surface area contributed by atoms with Crippen LogP contribution in [0.25, 0.3) is 0 Å². The van der Waals surface area contributed by atoms with Crippen LogP contribution in [0.4, 0.5) is 0 Å². The van der Waals surface area contributed by atoms with Crippen molar-refractivity contribution in [3.8, 4) is 0 Å². The number of hydrogen-bond acceptors (Lipinski definition) is 4. The van der Waals surface area contributed by atoms with E-state index in [-0.39, 0.29) is 4.87 Å². The van der Waals surface area contributed by atoms with Gasteiger partial charge in [-0.1, -0.05) is 11.3 Å². The van der Waals surface area contributed by atoms with Gasteiger partial charge in [-0.05, 0) is 7.05 Å². The van der Waals surface area contributed by atoms with Crippen LogP contribution in [0.1, 0.15) is 10.6 Å². The summed E-state index contributed by atoms with van der Waals surface area (Å²) in [5.41, 5.74) is 6.70. The second-order valence-electron chi connectivity index (χ2n) is 3.67. The molecule has 0 fully saturated rings. The highest BCUT2D eigenvalue weighted by Crippen LogP contribution is 2.20. The molecule has 78 valence electrons. The van der Waals surface area contributed by atoms with Crippen molar-refractivity contribution in [3.63, 3.8) is 0 Å². The molecular formula is C9H15N3OS. The number of nitrogens with zero attached hydrogens (tertiary/aromatic N) is 2. The summed E-state index contributed by atoms with van der Waals surface area (Å²) in [5.74, 6) is 0. The van der Waals surface area contributed by atoms with Crippen molar-refractivity contribution in [2.24, 2.45) is 5.73 Å². The number of aromatic nitrogens is 1. The maximum atomic E-state index is 11.6. The summed E-state index contributed by atoms with van der Waals surface area (Å²) in [5, 5.41) is 0. The van der Waals surface area contributed by atoms with Crippen molar-refractivity contribution >= 4 is 11.3 Å². The van der Waals surface area contributed by atoms with Gasteiger partial charge in [-0.15, -0.1) is 0 Å². The lowest BCUT2D eigenvalue weighted by Gasteiger charge is -2.22. The largest absolute Gasteiger partial charge is 0.329 e. The van der Waals surface area contributed by atoms with Crippen LogP contribution >= 0.6 is 11.3 Å². The molecule has 14 heavy (non-hydrogen) atoms. The van der Waals surface area contributed by atoms with E-state index in [0.717, 1.165) is 19.5 Å². The van der Waals surface area contributed by atoms with Crippen LogP contribution in [-0.2, 0) is 19.5 Å². The van der Waals surface area contributed by atoms with Gasteiger partial charge in [0.2, 0.25) is 0 Å². The lowest BCUT2D eigenvalue weighted by molar-refractivity contribution is 0.310. The van der Waals surface area contributed by atoms with Gasteiger partial charge in [-0.3, -0.25) is 4.79 Å². The molecule has 4 nitrogen and oxygen atoms in total. The Kier molecular flexibility index (Phi) is 2.71. The van der Waals surface area contributed by atoms with Crippen molar-refractivity contribution in [3.05, 3.63) is 20.2 Å². The van der Waals surface area contributed by atoms with E-state index >= 15 is 0 Å². The maximum Gasteiger partial charge on any atom is 0.307 e. The lowest BCUT2D eigenvalue weighted by atomic mass is 10.2. The van der Waals surface area contributed by atoms with Crippen LogP contribution < -0.4 is 10.6 Å². The third kappa shape index (κ3) is 1.63. The Morgan fingerprint density at radius 1 is 1.57 bits per heavy atom. The molecule has 5 heteroatoms. The van der Waals surface area contributed by atoms with Gasteiger partial charge in [0, 0.05) is 43.2 Å². The molecule has 2 heterocycles. The van der Waals surface area contributed by atoms with Gasteiger partial charge in [0.15, 0.2) is 0 Å². The second-order valence-corrected chi connectivity index (χ2v) is 4.71. The SMILES string of the molecule is CN1CCc2c(sc(=O)n2CCN)C1. The first-order chi connectivity index (χ1) is 6.72. The smallest absolute Gasteiger partial charge is 0.307 e. The van der Waals surface area contributed by atoms with Gasteiger partial charge >= 0.3 is 4.87 Å². The highest BCUT2D eigenvalue weighted by atomic mass is 32.1. The fourth-order valence-electron chi connectivity index (χ4n) is 1.85. The fourth-order valence-corrected chi connectivity index (χ4v) is 2.99. The molecule has 0 aliphatic carbocycles. The molecule has 0 amide bonds. The normalized spacial score (nSPS) is 17.0. The monoisotopic (exact) mass is 213 g/mol. The average molecular weight is 213 g/mol. The molecule has 0 bridgehead atoms. The Morgan fingerprint density at radius 3 is 3.07 bits per heavy atom. The van der Waals surface area contributed by atoms with Gasteiger partial charge < -0.3 is 15.2 Å². The molecule has 0 saturated heterocycles. The Bertz CT molecular complexity index is 382. The first-order valence-corrected chi connectivity index (χ1v) is 5.64. The molecule has 0 spiro atoms. The van der Waals surface area contributed by atoms with Crippen LogP contribution in [-0.4, -0.2) is 29.6 Å². The Balaban J connectivity index is 2.38. The Hall–Kier alpha value is -0.650. The minimum atomic E-state index is 0.149. The number of nitrogens with two attached hydrogens (primary N) is 1. The summed E-state index contributed by atoms with van der Waals surface area (Å²) < 4.78 is 1.84. The standard InChI is InChI=1S/C9H15N3OS/c1-11-4-2-7-8(6-11)14-9(13)12(7)5-3-10/h2-6,10H2,1H3. The van der Waals surface area contributed by atoms with Gasteiger partial charge in [0.25, 0.3) is 0 Å². The van der Waals surface area contributed by atoms with Crippen LogP contribution in [0.2, 0.25) is 0 Å². The molecule has 2 rings (SSSR count). The third-order valence-electron chi connectivity index (χ3n) is 2.58. The summed E-state index contributed by atoms with van der Waals surface area (Å²) >= 11 is 1.37. The minimum absolute atomic E-state index is 0.149. The maximum absolute atomic E-state index is 11.6. The highest BCUT2D eigenvalue weighted by Gasteiger charge is 2.19. The van der Waals surface area contributed by atoms with Gasteiger partial charge in [-0.2, -0.15) is 0 Å². The van der Waals surface area contributed by atoms with Crippen LogP contribution in [0.5, 0.6) is 0 Å². The predicted octanol–water partition coefficient (Wildman–Crippen LogP) is -0.144. The first kappa shape index (κ1) is 9.89. The van der Waals surface area contributed by atoms with Crippen molar-refractivity contribution in [1.29, 1.82) is 0 Å². The molecule has 1 aromatic rings. The molecule has 1 aliphatic rings. The van der Waals surface area contributed by atoms with Gasteiger partial charge in [0.05, 0.1) is 0 Å². The topological polar surface area (TPSA) is 51.3 Å². The van der Waals surface area contributed by atoms with E-state index in [1.807, 2.05) is 4.57 Å². The lowest BCUT2D eigenvalue weighted by Crippen LogP contribution is -2.29. The third-order valence-corrected chi connectivity index (χ3v) is 3.58. The second kappa shape index (κ2) is 3.84. The first-order valence-electron chi connectivity index (χ1n) is 4.82.